The second-order valence-electron chi connectivity index (χ2n) is 7.39. The van der Waals surface area contributed by atoms with E-state index in [1.54, 1.807) is 24.0 Å². The number of esters is 1. The van der Waals surface area contributed by atoms with Crippen LogP contribution in [0.15, 0.2) is 47.5 Å². The molecule has 1 aromatic carbocycles. The number of hydrogen-bond donors (Lipinski definition) is 0. The van der Waals surface area contributed by atoms with Crippen LogP contribution in [0.4, 0.5) is 5.69 Å². The van der Waals surface area contributed by atoms with Crippen molar-refractivity contribution in [3.05, 3.63) is 48.3 Å². The lowest BCUT2D eigenvalue weighted by Crippen LogP contribution is -2.43. The Bertz CT molecular complexity index is 1070. The van der Waals surface area contributed by atoms with Crippen molar-refractivity contribution in [1.29, 1.82) is 0 Å². The van der Waals surface area contributed by atoms with Gasteiger partial charge >= 0.3 is 5.97 Å². The molecule has 0 N–H and O–H groups in total. The molecule has 172 valence electrons. The summed E-state index contributed by atoms with van der Waals surface area (Å²) in [6.07, 6.45) is 2.75. The minimum Gasteiger partial charge on any atom is -0.497 e. The first-order chi connectivity index (χ1) is 15.3. The monoisotopic (exact) mass is 461 g/mol. The molecule has 0 unspecified atom stereocenters. The zero-order valence-electron chi connectivity index (χ0n) is 18.4. The number of aromatic nitrogens is 1. The average molecular weight is 462 g/mol. The van der Waals surface area contributed by atoms with Crippen LogP contribution in [0.5, 0.6) is 5.75 Å². The fraction of sp³-hybridized carbons (Fsp3) is 0.409. The number of methoxy groups -OCH3 is 1. The van der Waals surface area contributed by atoms with E-state index < -0.39 is 10.0 Å². The van der Waals surface area contributed by atoms with Crippen molar-refractivity contribution in [3.63, 3.8) is 0 Å². The molecular formula is C22H27N3O6S. The van der Waals surface area contributed by atoms with Gasteiger partial charge in [0.25, 0.3) is 15.9 Å². The van der Waals surface area contributed by atoms with Gasteiger partial charge in [-0.25, -0.2) is 8.42 Å². The standard InChI is InChI=1S/C22H27N3O6S/c1-4-31-22(27)16-6-5-13-25(15-16)21(26)20-14-17(11-12-23-20)24(2)32(28,29)19-9-7-18(30-3)8-10-19/h7-12,14,16H,4-6,13,15H2,1-3H3/t16-/m0/s1. The van der Waals surface area contributed by atoms with Crippen LogP contribution in [0, 0.1) is 5.92 Å². The number of carbonyl (C=O) groups is 2. The lowest BCUT2D eigenvalue weighted by molar-refractivity contribution is -0.149. The Morgan fingerprint density at radius 2 is 1.94 bits per heavy atom. The van der Waals surface area contributed by atoms with Crippen LogP contribution in [0.1, 0.15) is 30.3 Å². The fourth-order valence-corrected chi connectivity index (χ4v) is 4.74. The van der Waals surface area contributed by atoms with E-state index in [1.807, 2.05) is 0 Å². The van der Waals surface area contributed by atoms with Crippen molar-refractivity contribution >= 4 is 27.6 Å². The van der Waals surface area contributed by atoms with Gasteiger partial charge in [-0.3, -0.25) is 18.9 Å². The summed E-state index contributed by atoms with van der Waals surface area (Å²) in [6.45, 7) is 2.79. The zero-order chi connectivity index (χ0) is 23.3. The number of amides is 1. The van der Waals surface area contributed by atoms with Gasteiger partial charge in [-0.1, -0.05) is 0 Å². The molecule has 10 heteroatoms. The lowest BCUT2D eigenvalue weighted by atomic mass is 9.98. The van der Waals surface area contributed by atoms with Crippen molar-refractivity contribution in [2.24, 2.45) is 5.92 Å². The van der Waals surface area contributed by atoms with Gasteiger partial charge in [-0.2, -0.15) is 0 Å². The summed E-state index contributed by atoms with van der Waals surface area (Å²) >= 11 is 0. The summed E-state index contributed by atoms with van der Waals surface area (Å²) in [7, 11) is -0.927. The number of benzene rings is 1. The number of piperidine rings is 1. The third-order valence-corrected chi connectivity index (χ3v) is 7.17. The molecule has 1 aliphatic heterocycles. The predicted molar refractivity (Wildman–Crippen MR) is 118 cm³/mol. The number of sulfonamides is 1. The van der Waals surface area contributed by atoms with Crippen molar-refractivity contribution < 1.29 is 27.5 Å². The summed E-state index contributed by atoms with van der Waals surface area (Å²) in [5.41, 5.74) is 0.418. The summed E-state index contributed by atoms with van der Waals surface area (Å²) < 4.78 is 37.3. The first kappa shape index (κ1) is 23.5. The maximum Gasteiger partial charge on any atom is 0.310 e. The minimum atomic E-state index is -3.85. The molecule has 3 rings (SSSR count). The molecule has 2 heterocycles. The highest BCUT2D eigenvalue weighted by molar-refractivity contribution is 7.92. The number of likely N-dealkylation sites (tertiary alicyclic amines) is 1. The maximum atomic E-state index is 13.0. The molecule has 1 aromatic heterocycles. The number of rotatable bonds is 7. The van der Waals surface area contributed by atoms with Crippen molar-refractivity contribution in [2.75, 3.05) is 38.2 Å². The molecule has 0 saturated carbocycles. The second kappa shape index (κ2) is 9.99. The van der Waals surface area contributed by atoms with E-state index in [0.717, 1.165) is 4.31 Å². The summed E-state index contributed by atoms with van der Waals surface area (Å²) in [4.78, 5) is 30.9. The molecule has 1 amide bonds. The summed E-state index contributed by atoms with van der Waals surface area (Å²) in [5, 5.41) is 0. The number of anilines is 1. The van der Waals surface area contributed by atoms with Crippen LogP contribution in [0.3, 0.4) is 0 Å². The fourth-order valence-electron chi connectivity index (χ4n) is 3.55. The molecule has 0 radical (unpaired) electrons. The quantitative estimate of drug-likeness (QED) is 0.583. The smallest absolute Gasteiger partial charge is 0.310 e. The number of pyridine rings is 1. The summed E-state index contributed by atoms with van der Waals surface area (Å²) in [5.74, 6) is -0.479. The van der Waals surface area contributed by atoms with E-state index in [2.05, 4.69) is 4.98 Å². The Morgan fingerprint density at radius 3 is 2.59 bits per heavy atom. The van der Waals surface area contributed by atoms with Crippen molar-refractivity contribution in [2.45, 2.75) is 24.7 Å². The van der Waals surface area contributed by atoms with Crippen LogP contribution < -0.4 is 9.04 Å². The van der Waals surface area contributed by atoms with Crippen LogP contribution in [-0.2, 0) is 19.6 Å². The third-order valence-electron chi connectivity index (χ3n) is 5.37. The van der Waals surface area contributed by atoms with Gasteiger partial charge in [0.15, 0.2) is 0 Å². The van der Waals surface area contributed by atoms with Crippen LogP contribution in [-0.4, -0.2) is 64.0 Å². The number of nitrogens with zero attached hydrogens (tertiary/aromatic N) is 3. The Balaban J connectivity index is 1.79. The topological polar surface area (TPSA) is 106 Å². The number of hydrogen-bond acceptors (Lipinski definition) is 7. The van der Waals surface area contributed by atoms with Gasteiger partial charge in [0.1, 0.15) is 11.4 Å². The van der Waals surface area contributed by atoms with Gasteiger partial charge in [0.05, 0.1) is 30.2 Å². The van der Waals surface area contributed by atoms with E-state index in [9.17, 15) is 18.0 Å². The molecule has 2 aromatic rings. The molecule has 1 fully saturated rings. The van der Waals surface area contributed by atoms with Crippen molar-refractivity contribution in [1.82, 2.24) is 9.88 Å². The minimum absolute atomic E-state index is 0.0961. The highest BCUT2D eigenvalue weighted by Gasteiger charge is 2.31. The summed E-state index contributed by atoms with van der Waals surface area (Å²) in [6, 6.07) is 9.02. The van der Waals surface area contributed by atoms with E-state index in [4.69, 9.17) is 9.47 Å². The van der Waals surface area contributed by atoms with Crippen LogP contribution in [0.2, 0.25) is 0 Å². The van der Waals surface area contributed by atoms with Gasteiger partial charge in [-0.15, -0.1) is 0 Å². The molecule has 1 saturated heterocycles. The molecular weight excluding hydrogens is 434 g/mol. The highest BCUT2D eigenvalue weighted by Crippen LogP contribution is 2.25. The first-order valence-electron chi connectivity index (χ1n) is 10.3. The molecule has 0 spiro atoms. The second-order valence-corrected chi connectivity index (χ2v) is 9.36. The van der Waals surface area contributed by atoms with Gasteiger partial charge in [0, 0.05) is 26.3 Å². The average Bonchev–Trinajstić information content (AvgIpc) is 2.83. The first-order valence-corrected chi connectivity index (χ1v) is 11.8. The third kappa shape index (κ3) is 5.01. The Kier molecular flexibility index (Phi) is 7.34. The van der Waals surface area contributed by atoms with Crippen LogP contribution >= 0.6 is 0 Å². The Morgan fingerprint density at radius 1 is 1.22 bits per heavy atom. The molecule has 0 bridgehead atoms. The largest absolute Gasteiger partial charge is 0.497 e. The van der Waals surface area contributed by atoms with Crippen molar-refractivity contribution in [3.8, 4) is 5.75 Å². The van der Waals surface area contributed by atoms with Gasteiger partial charge < -0.3 is 14.4 Å². The Hall–Kier alpha value is -3.14. The SMILES string of the molecule is CCOC(=O)[C@H]1CCCN(C(=O)c2cc(N(C)S(=O)(=O)c3ccc(OC)cc3)ccn2)C1. The Labute approximate surface area is 188 Å². The molecule has 32 heavy (non-hydrogen) atoms. The van der Waals surface area contributed by atoms with E-state index in [1.165, 1.54) is 44.6 Å². The molecule has 0 aliphatic carbocycles. The van der Waals surface area contributed by atoms with E-state index in [0.29, 0.717) is 37.4 Å². The number of carbonyl (C=O) groups excluding carboxylic acids is 2. The molecule has 1 atom stereocenters. The predicted octanol–water partition coefficient (Wildman–Crippen LogP) is 2.33. The molecule has 1 aliphatic rings. The van der Waals surface area contributed by atoms with Gasteiger partial charge in [-0.05, 0) is 56.2 Å². The van der Waals surface area contributed by atoms with E-state index in [-0.39, 0.29) is 34.9 Å². The maximum absolute atomic E-state index is 13.0. The highest BCUT2D eigenvalue weighted by atomic mass is 32.2. The van der Waals surface area contributed by atoms with E-state index >= 15 is 0 Å². The zero-order valence-corrected chi connectivity index (χ0v) is 19.2. The van der Waals surface area contributed by atoms with Gasteiger partial charge in [0.2, 0.25) is 0 Å². The normalized spacial score (nSPS) is 16.3. The van der Waals surface area contributed by atoms with Crippen LogP contribution in [0.25, 0.3) is 0 Å². The number of ether oxygens (including phenoxy) is 2. The molecule has 9 nitrogen and oxygen atoms in total. The lowest BCUT2D eigenvalue weighted by Gasteiger charge is -2.31.